The molecule has 0 atom stereocenters. The lowest BCUT2D eigenvalue weighted by atomic mass is 9.74. The van der Waals surface area contributed by atoms with E-state index >= 15 is 0 Å². The Kier molecular flexibility index (Phi) is 3.44. The standard InChI is InChI=1S/C14H17N3/c1-6-7-17-10(2)12(8-15)14(4,5)13(9-16)11(17)3/h6H,1,7H2,2-5H3. The highest BCUT2D eigenvalue weighted by molar-refractivity contribution is 5.50. The topological polar surface area (TPSA) is 50.8 Å². The predicted molar refractivity (Wildman–Crippen MR) is 67.3 cm³/mol. The molecule has 0 bridgehead atoms. The molecule has 0 spiro atoms. The van der Waals surface area contributed by atoms with E-state index in [1.54, 1.807) is 6.08 Å². The highest BCUT2D eigenvalue weighted by atomic mass is 15.1. The van der Waals surface area contributed by atoms with Crippen LogP contribution in [0.2, 0.25) is 0 Å². The molecule has 0 aromatic rings. The molecular weight excluding hydrogens is 210 g/mol. The van der Waals surface area contributed by atoms with Gasteiger partial charge in [-0.15, -0.1) is 6.58 Å². The third kappa shape index (κ3) is 1.85. The second-order valence-corrected chi connectivity index (χ2v) is 4.67. The molecule has 0 saturated carbocycles. The van der Waals surface area contributed by atoms with E-state index in [1.165, 1.54) is 0 Å². The summed E-state index contributed by atoms with van der Waals surface area (Å²) in [5.41, 5.74) is 2.63. The van der Waals surface area contributed by atoms with Crippen molar-refractivity contribution in [1.29, 1.82) is 10.5 Å². The van der Waals surface area contributed by atoms with Crippen molar-refractivity contribution in [2.75, 3.05) is 6.54 Å². The van der Waals surface area contributed by atoms with E-state index in [1.807, 2.05) is 32.6 Å². The van der Waals surface area contributed by atoms with Crippen LogP contribution >= 0.6 is 0 Å². The number of allylic oxidation sites excluding steroid dienone is 4. The van der Waals surface area contributed by atoms with Crippen LogP contribution in [0.3, 0.4) is 0 Å². The number of hydrogen-bond acceptors (Lipinski definition) is 3. The fourth-order valence-corrected chi connectivity index (χ4v) is 2.40. The highest BCUT2D eigenvalue weighted by Crippen LogP contribution is 2.43. The Balaban J connectivity index is 3.50. The maximum Gasteiger partial charge on any atom is 0.0975 e. The number of hydrogen-bond donors (Lipinski definition) is 0. The number of rotatable bonds is 2. The molecule has 0 radical (unpaired) electrons. The van der Waals surface area contributed by atoms with Crippen LogP contribution in [-0.4, -0.2) is 11.4 Å². The van der Waals surface area contributed by atoms with Gasteiger partial charge in [-0.1, -0.05) is 19.9 Å². The summed E-state index contributed by atoms with van der Waals surface area (Å²) in [5, 5.41) is 18.6. The molecule has 1 aliphatic heterocycles. The summed E-state index contributed by atoms with van der Waals surface area (Å²) in [6.45, 7) is 12.0. The lowest BCUT2D eigenvalue weighted by Gasteiger charge is -2.38. The van der Waals surface area contributed by atoms with E-state index in [0.29, 0.717) is 17.7 Å². The van der Waals surface area contributed by atoms with Gasteiger partial charge in [-0.2, -0.15) is 10.5 Å². The minimum Gasteiger partial charge on any atom is -0.343 e. The molecular formula is C14H17N3. The summed E-state index contributed by atoms with van der Waals surface area (Å²) in [4.78, 5) is 1.97. The summed E-state index contributed by atoms with van der Waals surface area (Å²) in [6.07, 6.45) is 1.77. The lowest BCUT2D eigenvalue weighted by Crippen LogP contribution is -2.33. The molecule has 0 aliphatic carbocycles. The zero-order valence-electron chi connectivity index (χ0n) is 10.8. The van der Waals surface area contributed by atoms with Crippen LogP contribution in [0.25, 0.3) is 0 Å². The number of nitrogens with zero attached hydrogens (tertiary/aromatic N) is 3. The SMILES string of the molecule is C=CCN1C(C)=C(C#N)C(C)(C)C(C#N)=C1C. The summed E-state index contributed by atoms with van der Waals surface area (Å²) >= 11 is 0. The lowest BCUT2D eigenvalue weighted by molar-refractivity contribution is 0.400. The molecule has 0 unspecified atom stereocenters. The molecule has 1 aliphatic rings. The van der Waals surface area contributed by atoms with Crippen molar-refractivity contribution < 1.29 is 0 Å². The van der Waals surface area contributed by atoms with Gasteiger partial charge in [0, 0.05) is 23.4 Å². The fraction of sp³-hybridized carbons (Fsp3) is 0.429. The Morgan fingerprint density at radius 1 is 1.18 bits per heavy atom. The van der Waals surface area contributed by atoms with Gasteiger partial charge in [-0.3, -0.25) is 0 Å². The average Bonchev–Trinajstić information content (AvgIpc) is 2.24. The largest absolute Gasteiger partial charge is 0.343 e. The highest BCUT2D eigenvalue weighted by Gasteiger charge is 2.37. The molecule has 3 nitrogen and oxygen atoms in total. The third-order valence-electron chi connectivity index (χ3n) is 3.32. The second kappa shape index (κ2) is 4.47. The summed E-state index contributed by atoms with van der Waals surface area (Å²) in [7, 11) is 0. The zero-order chi connectivity index (χ0) is 13.2. The van der Waals surface area contributed by atoms with Crippen LogP contribution in [-0.2, 0) is 0 Å². The van der Waals surface area contributed by atoms with Gasteiger partial charge in [-0.05, 0) is 13.8 Å². The van der Waals surface area contributed by atoms with Gasteiger partial charge in [0.2, 0.25) is 0 Å². The summed E-state index contributed by atoms with van der Waals surface area (Å²) < 4.78 is 0. The quantitative estimate of drug-likeness (QED) is 0.681. The van der Waals surface area contributed by atoms with Crippen molar-refractivity contribution in [2.24, 2.45) is 5.41 Å². The zero-order valence-corrected chi connectivity index (χ0v) is 10.8. The van der Waals surface area contributed by atoms with Crippen molar-refractivity contribution in [3.63, 3.8) is 0 Å². The van der Waals surface area contributed by atoms with Crippen LogP contribution in [0.15, 0.2) is 35.2 Å². The van der Waals surface area contributed by atoms with E-state index in [2.05, 4.69) is 18.7 Å². The van der Waals surface area contributed by atoms with Gasteiger partial charge < -0.3 is 4.90 Å². The maximum atomic E-state index is 9.29. The summed E-state index contributed by atoms with van der Waals surface area (Å²) in [5.74, 6) is 0. The van der Waals surface area contributed by atoms with Gasteiger partial charge in [0.25, 0.3) is 0 Å². The molecule has 0 amide bonds. The molecule has 88 valence electrons. The maximum absolute atomic E-state index is 9.29. The molecule has 0 N–H and O–H groups in total. The second-order valence-electron chi connectivity index (χ2n) is 4.67. The fourth-order valence-electron chi connectivity index (χ4n) is 2.40. The van der Waals surface area contributed by atoms with Crippen LogP contribution < -0.4 is 0 Å². The van der Waals surface area contributed by atoms with E-state index in [-0.39, 0.29) is 0 Å². The van der Waals surface area contributed by atoms with Crippen LogP contribution in [0, 0.1) is 28.1 Å². The van der Waals surface area contributed by atoms with Crippen molar-refractivity contribution in [2.45, 2.75) is 27.7 Å². The van der Waals surface area contributed by atoms with Gasteiger partial charge >= 0.3 is 0 Å². The monoisotopic (exact) mass is 227 g/mol. The van der Waals surface area contributed by atoms with Gasteiger partial charge in [0.15, 0.2) is 0 Å². The minimum absolute atomic E-state index is 0.505. The average molecular weight is 227 g/mol. The molecule has 0 fully saturated rings. The Hall–Kier alpha value is -2.00. The molecule has 0 saturated heterocycles. The first-order valence-electron chi connectivity index (χ1n) is 5.53. The molecule has 0 aromatic heterocycles. The molecule has 0 aromatic carbocycles. The molecule has 1 rings (SSSR count). The van der Waals surface area contributed by atoms with Crippen LogP contribution in [0.5, 0.6) is 0 Å². The van der Waals surface area contributed by atoms with Crippen molar-refractivity contribution >= 4 is 0 Å². The van der Waals surface area contributed by atoms with E-state index < -0.39 is 5.41 Å². The smallest absolute Gasteiger partial charge is 0.0975 e. The molecule has 3 heteroatoms. The van der Waals surface area contributed by atoms with Crippen molar-refractivity contribution in [1.82, 2.24) is 4.90 Å². The minimum atomic E-state index is -0.505. The van der Waals surface area contributed by atoms with Crippen molar-refractivity contribution in [3.05, 3.63) is 35.2 Å². The Morgan fingerprint density at radius 3 is 1.88 bits per heavy atom. The van der Waals surface area contributed by atoms with Gasteiger partial charge in [0.1, 0.15) is 0 Å². The Labute approximate surface area is 103 Å². The first kappa shape index (κ1) is 13.1. The number of nitriles is 2. The normalized spacial score (nSPS) is 18.8. The third-order valence-corrected chi connectivity index (χ3v) is 3.32. The Bertz CT molecular complexity index is 453. The van der Waals surface area contributed by atoms with Crippen molar-refractivity contribution in [3.8, 4) is 12.1 Å². The van der Waals surface area contributed by atoms with Crippen LogP contribution in [0.4, 0.5) is 0 Å². The Morgan fingerprint density at radius 2 is 1.59 bits per heavy atom. The van der Waals surface area contributed by atoms with Crippen LogP contribution in [0.1, 0.15) is 27.7 Å². The van der Waals surface area contributed by atoms with E-state index in [4.69, 9.17) is 0 Å². The van der Waals surface area contributed by atoms with E-state index in [9.17, 15) is 10.5 Å². The van der Waals surface area contributed by atoms with Gasteiger partial charge in [0.05, 0.1) is 23.3 Å². The first-order valence-corrected chi connectivity index (χ1v) is 5.53. The predicted octanol–water partition coefficient (Wildman–Crippen LogP) is 3.11. The molecule has 17 heavy (non-hydrogen) atoms. The van der Waals surface area contributed by atoms with Gasteiger partial charge in [-0.25, -0.2) is 0 Å². The summed E-state index contributed by atoms with van der Waals surface area (Å²) in [6, 6.07) is 4.47. The first-order chi connectivity index (χ1) is 7.91. The van der Waals surface area contributed by atoms with E-state index in [0.717, 1.165) is 11.4 Å². The molecule has 1 heterocycles.